The quantitative estimate of drug-likeness (QED) is 0.706. The van der Waals surface area contributed by atoms with Gasteiger partial charge in [-0.05, 0) is 81.9 Å². The van der Waals surface area contributed by atoms with Gasteiger partial charge in [0.2, 0.25) is 0 Å². The number of nitrogens with one attached hydrogen (secondary N) is 2. The molecule has 1 unspecified atom stereocenters. The van der Waals surface area contributed by atoms with E-state index in [4.69, 9.17) is 0 Å². The zero-order valence-electron chi connectivity index (χ0n) is 17.7. The number of nitrogens with zero attached hydrogens (tertiary/aromatic N) is 3. The van der Waals surface area contributed by atoms with Crippen molar-refractivity contribution < 1.29 is 4.79 Å². The van der Waals surface area contributed by atoms with E-state index in [1.807, 2.05) is 11.7 Å². The summed E-state index contributed by atoms with van der Waals surface area (Å²) in [6.45, 7) is 6.35. The summed E-state index contributed by atoms with van der Waals surface area (Å²) >= 11 is 1.25. The van der Waals surface area contributed by atoms with Gasteiger partial charge in [0.15, 0.2) is 0 Å². The Morgan fingerprint density at radius 3 is 2.75 bits per heavy atom. The van der Waals surface area contributed by atoms with Gasteiger partial charge < -0.3 is 10.2 Å². The van der Waals surface area contributed by atoms with Crippen LogP contribution in [-0.4, -0.2) is 34.8 Å². The normalized spacial score (nSPS) is 14.2. The molecule has 28 heavy (non-hydrogen) atoms. The van der Waals surface area contributed by atoms with Gasteiger partial charge in [-0.2, -0.15) is 5.10 Å². The zero-order chi connectivity index (χ0) is 20.4. The topological polar surface area (TPSA) is 62.2 Å². The summed E-state index contributed by atoms with van der Waals surface area (Å²) in [5.41, 5.74) is 7.16. The first-order valence-electron chi connectivity index (χ1n) is 9.88. The number of benzene rings is 1. The van der Waals surface area contributed by atoms with E-state index in [1.54, 1.807) is 0 Å². The second-order valence-electron chi connectivity index (χ2n) is 7.76. The molecule has 1 aliphatic rings. The lowest BCUT2D eigenvalue weighted by Gasteiger charge is -2.22. The summed E-state index contributed by atoms with van der Waals surface area (Å²) in [6.07, 6.45) is 4.29. The Kier molecular flexibility index (Phi) is 6.35. The highest BCUT2D eigenvalue weighted by molar-refractivity contribution is 7.97. The van der Waals surface area contributed by atoms with E-state index >= 15 is 0 Å². The molecule has 0 aliphatic heterocycles. The average molecular weight is 402 g/mol. The third kappa shape index (κ3) is 4.20. The van der Waals surface area contributed by atoms with Crippen LogP contribution in [0, 0.1) is 13.8 Å². The van der Waals surface area contributed by atoms with Crippen LogP contribution >= 0.6 is 11.9 Å². The number of hydrogen-bond donors (Lipinski definition) is 2. The van der Waals surface area contributed by atoms with Crippen LogP contribution in [0.5, 0.6) is 0 Å². The van der Waals surface area contributed by atoms with Crippen molar-refractivity contribution in [2.45, 2.75) is 57.5 Å². The molecule has 2 aromatic rings. The minimum absolute atomic E-state index is 0.209. The smallest absolute Gasteiger partial charge is 0.307 e. The minimum Gasteiger partial charge on any atom is -0.307 e. The molecule has 152 valence electrons. The van der Waals surface area contributed by atoms with Crippen LogP contribution < -0.4 is 10.0 Å². The molecular weight excluding hydrogens is 370 g/mol. The summed E-state index contributed by atoms with van der Waals surface area (Å²) in [5, 5.41) is 8.41. The van der Waals surface area contributed by atoms with Gasteiger partial charge in [-0.3, -0.25) is 9.40 Å². The molecule has 7 heteroatoms. The van der Waals surface area contributed by atoms with Crippen molar-refractivity contribution in [2.24, 2.45) is 7.05 Å². The Labute approximate surface area is 172 Å². The summed E-state index contributed by atoms with van der Waals surface area (Å²) in [4.78, 5) is 14.7. The number of anilines is 1. The molecule has 3 rings (SSSR count). The summed E-state index contributed by atoms with van der Waals surface area (Å²) < 4.78 is 4.79. The van der Waals surface area contributed by atoms with Gasteiger partial charge in [0.1, 0.15) is 5.03 Å². The van der Waals surface area contributed by atoms with Crippen molar-refractivity contribution in [3.8, 4) is 0 Å². The Morgan fingerprint density at radius 2 is 2.07 bits per heavy atom. The number of rotatable bonds is 6. The lowest BCUT2D eigenvalue weighted by molar-refractivity contribution is 0.257. The molecule has 1 atom stereocenters. The molecule has 1 aromatic carbocycles. The van der Waals surface area contributed by atoms with E-state index in [2.05, 4.69) is 67.0 Å². The molecular formula is C21H31N5OS. The van der Waals surface area contributed by atoms with Crippen LogP contribution in [0.15, 0.2) is 17.2 Å². The number of carbonyl (C=O) groups is 1. The second-order valence-corrected chi connectivity index (χ2v) is 8.59. The molecule has 2 amide bonds. The van der Waals surface area contributed by atoms with E-state index in [0.29, 0.717) is 6.04 Å². The lowest BCUT2D eigenvalue weighted by Crippen LogP contribution is -2.24. The van der Waals surface area contributed by atoms with Gasteiger partial charge in [0.05, 0.1) is 11.7 Å². The first kappa shape index (κ1) is 20.7. The maximum absolute atomic E-state index is 12.6. The Bertz CT molecular complexity index is 874. The van der Waals surface area contributed by atoms with Crippen molar-refractivity contribution in [1.29, 1.82) is 0 Å². The SMILES string of the molecule is CCC(c1cc(SNC(=O)Nc2c(C)c(C)cc3c2CCC3)nn1C)N(C)C. The summed E-state index contributed by atoms with van der Waals surface area (Å²) in [7, 11) is 6.09. The average Bonchev–Trinajstić information content (AvgIpc) is 3.24. The van der Waals surface area contributed by atoms with Crippen LogP contribution in [0.3, 0.4) is 0 Å². The van der Waals surface area contributed by atoms with Gasteiger partial charge in [-0.15, -0.1) is 0 Å². The summed E-state index contributed by atoms with van der Waals surface area (Å²) in [5.74, 6) is 0. The fraction of sp³-hybridized carbons (Fsp3) is 0.524. The Morgan fingerprint density at radius 1 is 1.32 bits per heavy atom. The van der Waals surface area contributed by atoms with Gasteiger partial charge in [-0.25, -0.2) is 4.79 Å². The standard InChI is InChI=1S/C21H31N5OS/c1-7-17(25(4)5)18-12-19(23-26(18)6)28-24-21(27)22-20-14(3)13(2)11-15-9-8-10-16(15)20/h11-12,17H,7-10H2,1-6H3,(H2,22,24,27). The van der Waals surface area contributed by atoms with Gasteiger partial charge >= 0.3 is 6.03 Å². The highest BCUT2D eigenvalue weighted by Crippen LogP contribution is 2.34. The number of fused-ring (bicyclic) bond motifs is 1. The number of hydrogen-bond acceptors (Lipinski definition) is 4. The molecule has 0 saturated carbocycles. The maximum Gasteiger partial charge on any atom is 0.329 e. The number of aryl methyl sites for hydroxylation is 3. The van der Waals surface area contributed by atoms with Crippen LogP contribution in [0.25, 0.3) is 0 Å². The molecule has 2 N–H and O–H groups in total. The van der Waals surface area contributed by atoms with E-state index in [0.717, 1.165) is 47.7 Å². The molecule has 1 aromatic heterocycles. The molecule has 0 saturated heterocycles. The van der Waals surface area contributed by atoms with Gasteiger partial charge in [-0.1, -0.05) is 13.0 Å². The molecule has 1 heterocycles. The predicted octanol–water partition coefficient (Wildman–Crippen LogP) is 4.37. The van der Waals surface area contributed by atoms with Crippen LogP contribution in [0.4, 0.5) is 10.5 Å². The van der Waals surface area contributed by atoms with Crippen molar-refractivity contribution in [1.82, 2.24) is 19.4 Å². The van der Waals surface area contributed by atoms with Crippen LogP contribution in [-0.2, 0) is 19.9 Å². The Balaban J connectivity index is 1.68. The lowest BCUT2D eigenvalue weighted by atomic mass is 9.99. The number of amides is 2. The van der Waals surface area contributed by atoms with Crippen LogP contribution in [0.1, 0.15) is 53.8 Å². The first-order chi connectivity index (χ1) is 13.3. The first-order valence-corrected chi connectivity index (χ1v) is 10.7. The third-order valence-electron chi connectivity index (χ3n) is 5.65. The monoisotopic (exact) mass is 401 g/mol. The van der Waals surface area contributed by atoms with E-state index in [9.17, 15) is 4.79 Å². The molecule has 0 bridgehead atoms. The Hall–Kier alpha value is -1.99. The van der Waals surface area contributed by atoms with Gasteiger partial charge in [0, 0.05) is 24.7 Å². The van der Waals surface area contributed by atoms with Crippen molar-refractivity contribution in [3.63, 3.8) is 0 Å². The minimum atomic E-state index is -0.209. The van der Waals surface area contributed by atoms with E-state index < -0.39 is 0 Å². The molecule has 0 radical (unpaired) electrons. The molecule has 0 fully saturated rings. The maximum atomic E-state index is 12.6. The van der Waals surface area contributed by atoms with Crippen molar-refractivity contribution in [2.75, 3.05) is 19.4 Å². The number of urea groups is 1. The van der Waals surface area contributed by atoms with E-state index in [1.165, 1.54) is 28.6 Å². The number of carbonyl (C=O) groups excluding carboxylic acids is 1. The largest absolute Gasteiger partial charge is 0.329 e. The van der Waals surface area contributed by atoms with Gasteiger partial charge in [0.25, 0.3) is 0 Å². The van der Waals surface area contributed by atoms with E-state index in [-0.39, 0.29) is 6.03 Å². The molecule has 1 aliphatic carbocycles. The predicted molar refractivity (Wildman–Crippen MR) is 116 cm³/mol. The zero-order valence-corrected chi connectivity index (χ0v) is 18.5. The summed E-state index contributed by atoms with van der Waals surface area (Å²) in [6, 6.07) is 4.41. The highest BCUT2D eigenvalue weighted by atomic mass is 32.2. The second kappa shape index (κ2) is 8.57. The van der Waals surface area contributed by atoms with Crippen LogP contribution in [0.2, 0.25) is 0 Å². The van der Waals surface area contributed by atoms with Crippen molar-refractivity contribution in [3.05, 3.63) is 40.1 Å². The number of aromatic nitrogens is 2. The highest BCUT2D eigenvalue weighted by Gasteiger charge is 2.21. The fourth-order valence-electron chi connectivity index (χ4n) is 4.07. The fourth-order valence-corrected chi connectivity index (χ4v) is 4.66. The van der Waals surface area contributed by atoms with Crippen molar-refractivity contribution >= 4 is 23.7 Å². The third-order valence-corrected chi connectivity index (χ3v) is 6.35. The molecule has 0 spiro atoms. The molecule has 6 nitrogen and oxygen atoms in total.